The van der Waals surface area contributed by atoms with E-state index in [9.17, 15) is 0 Å². The number of rotatable bonds is 5. The van der Waals surface area contributed by atoms with E-state index in [0.29, 0.717) is 10.9 Å². The molecule has 1 N–H and O–H groups in total. The van der Waals surface area contributed by atoms with Crippen LogP contribution in [0.15, 0.2) is 46.9 Å². The third-order valence-corrected chi connectivity index (χ3v) is 4.16. The van der Waals surface area contributed by atoms with E-state index in [1.165, 1.54) is 5.56 Å². The van der Waals surface area contributed by atoms with Crippen molar-refractivity contribution in [3.8, 4) is 5.75 Å². The minimum atomic E-state index is 0.186. The Balaban J connectivity index is 2.38. The van der Waals surface area contributed by atoms with Crippen molar-refractivity contribution in [3.63, 3.8) is 0 Å². The molecule has 0 aliphatic carbocycles. The van der Waals surface area contributed by atoms with Gasteiger partial charge in [-0.1, -0.05) is 55.8 Å². The van der Waals surface area contributed by atoms with Crippen LogP contribution in [0.3, 0.4) is 0 Å². The van der Waals surface area contributed by atoms with Crippen LogP contribution in [0.1, 0.15) is 25.5 Å². The Morgan fingerprint density at radius 3 is 2.38 bits per heavy atom. The average molecular weight is 369 g/mol. The molecule has 0 fully saturated rings. The molecule has 0 saturated carbocycles. The quantitative estimate of drug-likeness (QED) is 0.707. The third-order valence-electron chi connectivity index (χ3n) is 3.35. The number of nitrogens with one attached hydrogen (secondary N) is 1. The largest absolute Gasteiger partial charge is 0.493 e. The molecule has 2 aromatic rings. The summed E-state index contributed by atoms with van der Waals surface area (Å²) in [6.45, 7) is 4.38. The molecule has 0 amide bonds. The summed E-state index contributed by atoms with van der Waals surface area (Å²) in [5, 5.41) is 4.22. The van der Waals surface area contributed by atoms with Gasteiger partial charge in [0.15, 0.2) is 5.75 Å². The van der Waals surface area contributed by atoms with Gasteiger partial charge in [-0.2, -0.15) is 0 Å². The molecule has 0 saturated heterocycles. The molecule has 21 heavy (non-hydrogen) atoms. The molecule has 1 atom stereocenters. The van der Waals surface area contributed by atoms with E-state index in [0.717, 1.165) is 15.9 Å². The van der Waals surface area contributed by atoms with E-state index in [2.05, 4.69) is 59.4 Å². The van der Waals surface area contributed by atoms with Crippen molar-refractivity contribution in [2.45, 2.75) is 19.9 Å². The number of hydrogen-bond donors (Lipinski definition) is 1. The molecule has 2 rings (SSSR count). The summed E-state index contributed by atoms with van der Waals surface area (Å²) in [4.78, 5) is 0. The highest BCUT2D eigenvalue weighted by atomic mass is 79.9. The number of anilines is 1. The zero-order valence-electron chi connectivity index (χ0n) is 12.4. The second-order valence-electron chi connectivity index (χ2n) is 5.25. The summed E-state index contributed by atoms with van der Waals surface area (Å²) in [7, 11) is 1.66. The fraction of sp³-hybridized carbons (Fsp3) is 0.294. The van der Waals surface area contributed by atoms with Crippen LogP contribution in [-0.2, 0) is 0 Å². The highest BCUT2D eigenvalue weighted by Gasteiger charge is 2.18. The molecular weight excluding hydrogens is 350 g/mol. The molecule has 4 heteroatoms. The maximum Gasteiger partial charge on any atom is 0.156 e. The van der Waals surface area contributed by atoms with E-state index in [1.54, 1.807) is 7.11 Å². The SMILES string of the molecule is COc1c(Br)cc(Cl)cc1NC(c1ccccc1)C(C)C. The molecule has 0 spiro atoms. The Morgan fingerprint density at radius 1 is 1.14 bits per heavy atom. The van der Waals surface area contributed by atoms with Gasteiger partial charge in [0.2, 0.25) is 0 Å². The standard InChI is InChI=1S/C17H19BrClNO/c1-11(2)16(12-7-5-4-6-8-12)20-15-10-13(19)9-14(18)17(15)21-3/h4-11,16,20H,1-3H3. The Morgan fingerprint density at radius 2 is 1.81 bits per heavy atom. The first-order valence-corrected chi connectivity index (χ1v) is 8.04. The first kappa shape index (κ1) is 16.2. The Kier molecular flexibility index (Phi) is 5.54. The molecule has 0 heterocycles. The monoisotopic (exact) mass is 367 g/mol. The first-order chi connectivity index (χ1) is 10.0. The smallest absolute Gasteiger partial charge is 0.156 e. The van der Waals surface area contributed by atoms with Crippen molar-refractivity contribution in [1.29, 1.82) is 0 Å². The van der Waals surface area contributed by atoms with E-state index in [-0.39, 0.29) is 6.04 Å². The second kappa shape index (κ2) is 7.19. The first-order valence-electron chi connectivity index (χ1n) is 6.87. The summed E-state index contributed by atoms with van der Waals surface area (Å²) in [6, 6.07) is 14.3. The van der Waals surface area contributed by atoms with Crippen LogP contribution in [0, 0.1) is 5.92 Å². The molecule has 0 aliphatic rings. The molecule has 2 nitrogen and oxygen atoms in total. The number of hydrogen-bond acceptors (Lipinski definition) is 2. The predicted molar refractivity (Wildman–Crippen MR) is 93.3 cm³/mol. The average Bonchev–Trinajstić information content (AvgIpc) is 2.45. The molecule has 0 radical (unpaired) electrons. The fourth-order valence-electron chi connectivity index (χ4n) is 2.34. The van der Waals surface area contributed by atoms with Crippen LogP contribution in [0.5, 0.6) is 5.75 Å². The van der Waals surface area contributed by atoms with E-state index in [4.69, 9.17) is 16.3 Å². The predicted octanol–water partition coefficient (Wildman–Crippen LogP) is 5.92. The van der Waals surface area contributed by atoms with Gasteiger partial charge in [0.1, 0.15) is 0 Å². The summed E-state index contributed by atoms with van der Waals surface area (Å²) in [6.07, 6.45) is 0. The van der Waals surface area contributed by atoms with Crippen molar-refractivity contribution in [3.05, 3.63) is 57.5 Å². The van der Waals surface area contributed by atoms with Crippen LogP contribution in [0.4, 0.5) is 5.69 Å². The third kappa shape index (κ3) is 3.92. The van der Waals surface area contributed by atoms with Crippen molar-refractivity contribution in [1.82, 2.24) is 0 Å². The minimum absolute atomic E-state index is 0.186. The molecule has 112 valence electrons. The lowest BCUT2D eigenvalue weighted by atomic mass is 9.95. The molecule has 0 aliphatic heterocycles. The van der Waals surface area contributed by atoms with Gasteiger partial charge in [-0.3, -0.25) is 0 Å². The van der Waals surface area contributed by atoms with Crippen molar-refractivity contribution in [2.24, 2.45) is 5.92 Å². The lowest BCUT2D eigenvalue weighted by Crippen LogP contribution is -2.17. The maximum absolute atomic E-state index is 6.16. The van der Waals surface area contributed by atoms with Crippen molar-refractivity contribution in [2.75, 3.05) is 12.4 Å². The summed E-state index contributed by atoms with van der Waals surface area (Å²) < 4.78 is 6.32. The summed E-state index contributed by atoms with van der Waals surface area (Å²) in [5.74, 6) is 1.19. The van der Waals surface area contributed by atoms with Gasteiger partial charge >= 0.3 is 0 Å². The minimum Gasteiger partial charge on any atom is -0.493 e. The zero-order chi connectivity index (χ0) is 15.4. The fourth-order valence-corrected chi connectivity index (χ4v) is 3.31. The second-order valence-corrected chi connectivity index (χ2v) is 6.54. The van der Waals surface area contributed by atoms with Gasteiger partial charge in [-0.05, 0) is 39.5 Å². The van der Waals surface area contributed by atoms with Gasteiger partial charge in [0, 0.05) is 5.02 Å². The maximum atomic E-state index is 6.16. The Labute approximate surface area is 139 Å². The highest BCUT2D eigenvalue weighted by Crippen LogP contribution is 2.39. The summed E-state index contributed by atoms with van der Waals surface area (Å²) in [5.41, 5.74) is 2.13. The molecule has 1 unspecified atom stereocenters. The van der Waals surface area contributed by atoms with E-state index in [1.807, 2.05) is 18.2 Å². The lowest BCUT2D eigenvalue weighted by molar-refractivity contribution is 0.412. The van der Waals surface area contributed by atoms with Crippen LogP contribution in [0.2, 0.25) is 5.02 Å². The highest BCUT2D eigenvalue weighted by molar-refractivity contribution is 9.10. The number of methoxy groups -OCH3 is 1. The molecule has 0 bridgehead atoms. The number of halogens is 2. The summed E-state index contributed by atoms with van der Waals surface area (Å²) >= 11 is 9.65. The molecular formula is C17H19BrClNO. The lowest BCUT2D eigenvalue weighted by Gasteiger charge is -2.25. The Hall–Kier alpha value is -1.19. The van der Waals surface area contributed by atoms with Crippen molar-refractivity contribution >= 4 is 33.2 Å². The normalized spacial score (nSPS) is 12.3. The van der Waals surface area contributed by atoms with Crippen LogP contribution >= 0.6 is 27.5 Å². The Bertz CT molecular complexity index is 601. The van der Waals surface area contributed by atoms with Crippen LogP contribution in [-0.4, -0.2) is 7.11 Å². The van der Waals surface area contributed by atoms with Gasteiger partial charge in [0.25, 0.3) is 0 Å². The van der Waals surface area contributed by atoms with E-state index >= 15 is 0 Å². The van der Waals surface area contributed by atoms with Gasteiger partial charge in [-0.25, -0.2) is 0 Å². The van der Waals surface area contributed by atoms with Crippen LogP contribution in [0.25, 0.3) is 0 Å². The number of ether oxygens (including phenoxy) is 1. The van der Waals surface area contributed by atoms with Gasteiger partial charge in [0.05, 0.1) is 23.3 Å². The van der Waals surface area contributed by atoms with Crippen LogP contribution < -0.4 is 10.1 Å². The zero-order valence-corrected chi connectivity index (χ0v) is 14.7. The van der Waals surface area contributed by atoms with Gasteiger partial charge in [-0.15, -0.1) is 0 Å². The van der Waals surface area contributed by atoms with Crippen molar-refractivity contribution < 1.29 is 4.74 Å². The number of benzene rings is 2. The molecule has 2 aromatic carbocycles. The molecule has 0 aromatic heterocycles. The van der Waals surface area contributed by atoms with E-state index < -0.39 is 0 Å². The van der Waals surface area contributed by atoms with Gasteiger partial charge < -0.3 is 10.1 Å². The topological polar surface area (TPSA) is 21.3 Å².